The van der Waals surface area contributed by atoms with Gasteiger partial charge in [0.05, 0.1) is 6.42 Å². The number of esters is 1. The highest BCUT2D eigenvalue weighted by molar-refractivity contribution is 5.80. The van der Waals surface area contributed by atoms with Gasteiger partial charge in [-0.15, -0.1) is 0 Å². The number of aldehydes is 1. The molecule has 2 rings (SSSR count). The first-order valence-corrected chi connectivity index (χ1v) is 4.10. The van der Waals surface area contributed by atoms with Crippen LogP contribution in [0.3, 0.4) is 0 Å². The molecule has 0 fully saturated rings. The van der Waals surface area contributed by atoms with Crippen LogP contribution in [0.5, 0.6) is 0 Å². The van der Waals surface area contributed by atoms with Gasteiger partial charge < -0.3 is 9.53 Å². The summed E-state index contributed by atoms with van der Waals surface area (Å²) in [6.07, 6.45) is 1.99. The summed E-state index contributed by atoms with van der Waals surface area (Å²) in [7, 11) is 0. The maximum atomic E-state index is 10.8. The lowest BCUT2D eigenvalue weighted by Crippen LogP contribution is -2.11. The minimum absolute atomic E-state index is 0.0774. The molecule has 0 spiro atoms. The molecule has 64 valence electrons. The molecule has 2 atom stereocenters. The van der Waals surface area contributed by atoms with Gasteiger partial charge in [0, 0.05) is 12.3 Å². The number of allylic oxidation sites excluding steroid dienone is 1. The van der Waals surface area contributed by atoms with Crippen LogP contribution in [-0.2, 0) is 14.3 Å². The normalized spacial score (nSPS) is 33.6. The van der Waals surface area contributed by atoms with Gasteiger partial charge in [-0.1, -0.05) is 6.92 Å². The van der Waals surface area contributed by atoms with Crippen LogP contribution in [0, 0.1) is 11.8 Å². The highest BCUT2D eigenvalue weighted by atomic mass is 16.5. The van der Waals surface area contributed by atoms with Gasteiger partial charge in [-0.2, -0.15) is 0 Å². The van der Waals surface area contributed by atoms with Crippen molar-refractivity contribution in [2.24, 2.45) is 11.8 Å². The van der Waals surface area contributed by atoms with Crippen molar-refractivity contribution >= 4 is 12.3 Å². The van der Waals surface area contributed by atoms with Gasteiger partial charge in [-0.25, -0.2) is 0 Å². The van der Waals surface area contributed by atoms with Crippen LogP contribution < -0.4 is 0 Å². The molecular formula is C9H10O3. The van der Waals surface area contributed by atoms with Crippen LogP contribution >= 0.6 is 0 Å². The molecule has 0 aromatic rings. The zero-order valence-corrected chi connectivity index (χ0v) is 6.87. The monoisotopic (exact) mass is 166 g/mol. The van der Waals surface area contributed by atoms with E-state index in [0.717, 1.165) is 24.0 Å². The lowest BCUT2D eigenvalue weighted by atomic mass is 9.93. The van der Waals surface area contributed by atoms with Crippen LogP contribution in [0.2, 0.25) is 0 Å². The predicted octanol–water partition coefficient (Wildman–Crippen LogP) is 1.04. The molecule has 0 saturated heterocycles. The molecule has 0 amide bonds. The average molecular weight is 166 g/mol. The molecule has 0 radical (unpaired) electrons. The first-order chi connectivity index (χ1) is 5.72. The minimum atomic E-state index is -0.209. The van der Waals surface area contributed by atoms with Crippen LogP contribution in [0.15, 0.2) is 11.3 Å². The number of hydrogen-bond acceptors (Lipinski definition) is 3. The van der Waals surface area contributed by atoms with Gasteiger partial charge in [-0.3, -0.25) is 4.79 Å². The highest BCUT2D eigenvalue weighted by Crippen LogP contribution is 2.41. The summed E-state index contributed by atoms with van der Waals surface area (Å²) >= 11 is 0. The Morgan fingerprint density at radius 1 is 1.58 bits per heavy atom. The Hall–Kier alpha value is -1.12. The molecule has 3 heteroatoms. The summed E-state index contributed by atoms with van der Waals surface area (Å²) in [6, 6.07) is 0. The van der Waals surface area contributed by atoms with Crippen molar-refractivity contribution in [2.75, 3.05) is 0 Å². The second kappa shape index (κ2) is 2.44. The smallest absolute Gasteiger partial charge is 0.315 e. The molecule has 0 bridgehead atoms. The van der Waals surface area contributed by atoms with Crippen molar-refractivity contribution in [2.45, 2.75) is 19.8 Å². The van der Waals surface area contributed by atoms with Crippen molar-refractivity contribution in [3.8, 4) is 0 Å². The third-order valence-corrected chi connectivity index (χ3v) is 2.60. The van der Waals surface area contributed by atoms with Crippen LogP contribution in [0.1, 0.15) is 19.8 Å². The topological polar surface area (TPSA) is 43.4 Å². The Balaban J connectivity index is 2.26. The molecule has 3 nitrogen and oxygen atoms in total. The van der Waals surface area contributed by atoms with Crippen LogP contribution in [0.25, 0.3) is 0 Å². The molecule has 1 aliphatic heterocycles. The Morgan fingerprint density at radius 3 is 3.00 bits per heavy atom. The van der Waals surface area contributed by atoms with E-state index >= 15 is 0 Å². The Bertz CT molecular complexity index is 277. The van der Waals surface area contributed by atoms with Gasteiger partial charge in [0.2, 0.25) is 0 Å². The van der Waals surface area contributed by atoms with E-state index in [1.165, 1.54) is 0 Å². The summed E-state index contributed by atoms with van der Waals surface area (Å²) in [6.45, 7) is 2.01. The summed E-state index contributed by atoms with van der Waals surface area (Å²) < 4.78 is 4.97. The summed E-state index contributed by atoms with van der Waals surface area (Å²) in [5, 5.41) is 0. The Labute approximate surface area is 70.4 Å². The van der Waals surface area contributed by atoms with E-state index < -0.39 is 0 Å². The molecule has 1 aliphatic carbocycles. The maximum Gasteiger partial charge on any atom is 0.315 e. The SMILES string of the molecule is C[C@@H]1CC2=C(CC(=O)O2)[C@H]1C=O. The zero-order valence-electron chi connectivity index (χ0n) is 6.87. The molecule has 2 aliphatic rings. The molecule has 0 saturated carbocycles. The second-order valence-corrected chi connectivity index (χ2v) is 3.44. The fourth-order valence-corrected chi connectivity index (χ4v) is 1.95. The number of carbonyl (C=O) groups excluding carboxylic acids is 2. The molecule has 12 heavy (non-hydrogen) atoms. The Kier molecular flexibility index (Phi) is 1.53. The first kappa shape index (κ1) is 7.53. The van der Waals surface area contributed by atoms with Gasteiger partial charge in [0.1, 0.15) is 12.0 Å². The van der Waals surface area contributed by atoms with Crippen molar-refractivity contribution in [1.82, 2.24) is 0 Å². The summed E-state index contributed by atoms with van der Waals surface area (Å²) in [5.74, 6) is 0.774. The van der Waals surface area contributed by atoms with Crippen molar-refractivity contribution in [3.63, 3.8) is 0 Å². The van der Waals surface area contributed by atoms with Gasteiger partial charge >= 0.3 is 5.97 Å². The first-order valence-electron chi connectivity index (χ1n) is 4.10. The van der Waals surface area contributed by atoms with Crippen molar-refractivity contribution in [3.05, 3.63) is 11.3 Å². The minimum Gasteiger partial charge on any atom is -0.431 e. The van der Waals surface area contributed by atoms with E-state index in [1.807, 2.05) is 6.92 Å². The van der Waals surface area contributed by atoms with Crippen LogP contribution in [-0.4, -0.2) is 12.3 Å². The van der Waals surface area contributed by atoms with E-state index in [9.17, 15) is 9.59 Å². The standard InChI is InChI=1S/C9H10O3/c1-5-2-8-6(7(5)4-10)3-9(11)12-8/h4-5,7H,2-3H2,1H3/t5-,7+/m1/s1. The van der Waals surface area contributed by atoms with E-state index in [0.29, 0.717) is 12.3 Å². The molecule has 0 aromatic heterocycles. The predicted molar refractivity (Wildman–Crippen MR) is 41.1 cm³/mol. The van der Waals surface area contributed by atoms with Gasteiger partial charge in [0.15, 0.2) is 0 Å². The quantitative estimate of drug-likeness (QED) is 0.432. The van der Waals surface area contributed by atoms with Gasteiger partial charge in [0.25, 0.3) is 0 Å². The lowest BCUT2D eigenvalue weighted by molar-refractivity contribution is -0.137. The number of rotatable bonds is 1. The summed E-state index contributed by atoms with van der Waals surface area (Å²) in [4.78, 5) is 21.5. The summed E-state index contributed by atoms with van der Waals surface area (Å²) in [5.41, 5.74) is 0.919. The molecule has 0 aromatic carbocycles. The third kappa shape index (κ3) is 0.891. The van der Waals surface area contributed by atoms with Crippen molar-refractivity contribution in [1.29, 1.82) is 0 Å². The van der Waals surface area contributed by atoms with E-state index in [2.05, 4.69) is 0 Å². The molecule has 0 N–H and O–H groups in total. The Morgan fingerprint density at radius 2 is 2.33 bits per heavy atom. The van der Waals surface area contributed by atoms with Gasteiger partial charge in [-0.05, 0) is 11.5 Å². The van der Waals surface area contributed by atoms with E-state index in [-0.39, 0.29) is 11.9 Å². The number of carbonyl (C=O) groups is 2. The largest absolute Gasteiger partial charge is 0.431 e. The zero-order chi connectivity index (χ0) is 8.72. The van der Waals surface area contributed by atoms with E-state index in [1.54, 1.807) is 0 Å². The number of hydrogen-bond donors (Lipinski definition) is 0. The third-order valence-electron chi connectivity index (χ3n) is 2.60. The molecular weight excluding hydrogens is 156 g/mol. The molecule has 1 heterocycles. The fraction of sp³-hybridized carbons (Fsp3) is 0.556. The van der Waals surface area contributed by atoms with Crippen molar-refractivity contribution < 1.29 is 14.3 Å². The van der Waals surface area contributed by atoms with E-state index in [4.69, 9.17) is 4.74 Å². The number of ether oxygens (including phenoxy) is 1. The molecule has 0 unspecified atom stereocenters. The highest BCUT2D eigenvalue weighted by Gasteiger charge is 2.38. The maximum absolute atomic E-state index is 10.8. The fourth-order valence-electron chi connectivity index (χ4n) is 1.95. The lowest BCUT2D eigenvalue weighted by Gasteiger charge is -2.10. The van der Waals surface area contributed by atoms with Crippen LogP contribution in [0.4, 0.5) is 0 Å². The average Bonchev–Trinajstić information content (AvgIpc) is 2.43. The second-order valence-electron chi connectivity index (χ2n) is 3.44.